The summed E-state index contributed by atoms with van der Waals surface area (Å²) in [6.07, 6.45) is 4.82. The van der Waals surface area contributed by atoms with E-state index >= 15 is 0 Å². The lowest BCUT2D eigenvalue weighted by atomic mass is 10.1. The van der Waals surface area contributed by atoms with Crippen molar-refractivity contribution in [2.75, 3.05) is 24.1 Å². The monoisotopic (exact) mass is 506 g/mol. The van der Waals surface area contributed by atoms with E-state index in [0.29, 0.717) is 25.9 Å². The van der Waals surface area contributed by atoms with Crippen LogP contribution in [0.1, 0.15) is 38.5 Å². The molecular formula is C15H32Br2N4O5. The standard InChI is InChI=1S/2C7H15BrN2O2.CH2O/c2*8-5-12-7(11)6(10)3-1-2-4-9;1-2/h2*6H,1-5,9-10H2;1H2/t2*6-;/m00./s1. The molecule has 0 aromatic heterocycles. The van der Waals surface area contributed by atoms with E-state index < -0.39 is 12.1 Å². The summed E-state index contributed by atoms with van der Waals surface area (Å²) >= 11 is 5.96. The Balaban J connectivity index is -0.000000371. The minimum Gasteiger partial charge on any atom is -0.453 e. The van der Waals surface area contributed by atoms with E-state index in [1.807, 2.05) is 6.79 Å². The molecule has 0 spiro atoms. The number of esters is 2. The molecule has 0 aliphatic carbocycles. The third-order valence-corrected chi connectivity index (χ3v) is 3.40. The van der Waals surface area contributed by atoms with Gasteiger partial charge in [-0.1, -0.05) is 12.8 Å². The summed E-state index contributed by atoms with van der Waals surface area (Å²) in [7, 11) is 0. The van der Waals surface area contributed by atoms with Crippen LogP contribution in [0.4, 0.5) is 0 Å². The van der Waals surface area contributed by atoms with Gasteiger partial charge in [0.25, 0.3) is 0 Å². The average Bonchev–Trinajstić information content (AvgIpc) is 2.64. The van der Waals surface area contributed by atoms with Crippen LogP contribution in [0.25, 0.3) is 0 Å². The lowest BCUT2D eigenvalue weighted by Crippen LogP contribution is -2.32. The van der Waals surface area contributed by atoms with Crippen molar-refractivity contribution in [1.29, 1.82) is 0 Å². The van der Waals surface area contributed by atoms with Gasteiger partial charge in [-0.05, 0) is 70.6 Å². The smallest absolute Gasteiger partial charge is 0.323 e. The fourth-order valence-electron chi connectivity index (χ4n) is 1.57. The fourth-order valence-corrected chi connectivity index (χ4v) is 2.03. The highest BCUT2D eigenvalue weighted by atomic mass is 79.9. The largest absolute Gasteiger partial charge is 0.453 e. The first kappa shape index (κ1) is 30.1. The van der Waals surface area contributed by atoms with Crippen LogP contribution in [0.2, 0.25) is 0 Å². The molecule has 0 fully saturated rings. The lowest BCUT2D eigenvalue weighted by molar-refractivity contribution is -0.143. The summed E-state index contributed by atoms with van der Waals surface area (Å²) in [6.45, 7) is 3.28. The Morgan fingerprint density at radius 3 is 1.31 bits per heavy atom. The van der Waals surface area contributed by atoms with E-state index in [1.54, 1.807) is 0 Å². The van der Waals surface area contributed by atoms with Gasteiger partial charge in [0.1, 0.15) is 29.9 Å². The Bertz CT molecular complexity index is 311. The third-order valence-electron chi connectivity index (χ3n) is 2.94. The van der Waals surface area contributed by atoms with E-state index in [4.69, 9.17) is 27.7 Å². The number of ether oxygens (including phenoxy) is 2. The third kappa shape index (κ3) is 21.5. The minimum atomic E-state index is -0.505. The van der Waals surface area contributed by atoms with Crippen molar-refractivity contribution in [2.45, 2.75) is 50.6 Å². The molecule has 0 saturated carbocycles. The average molecular weight is 508 g/mol. The van der Waals surface area contributed by atoms with Crippen LogP contribution in [0.3, 0.4) is 0 Å². The zero-order valence-electron chi connectivity index (χ0n) is 15.0. The summed E-state index contributed by atoms with van der Waals surface area (Å²) in [5, 5.41) is 0. The highest BCUT2D eigenvalue weighted by Gasteiger charge is 2.13. The van der Waals surface area contributed by atoms with E-state index in [1.165, 1.54) is 0 Å². The van der Waals surface area contributed by atoms with Crippen LogP contribution >= 0.6 is 31.9 Å². The molecule has 0 radical (unpaired) electrons. The van der Waals surface area contributed by atoms with Gasteiger partial charge in [-0.25, -0.2) is 0 Å². The molecular weight excluding hydrogens is 476 g/mol. The summed E-state index contributed by atoms with van der Waals surface area (Å²) in [4.78, 5) is 29.9. The van der Waals surface area contributed by atoms with Crippen LogP contribution in [-0.4, -0.2) is 54.9 Å². The SMILES string of the molecule is C=O.NCCCC[C@H](N)C(=O)OCBr.NCCCC[C@H](N)C(=O)OCBr. The van der Waals surface area contributed by atoms with Gasteiger partial charge in [-0.15, -0.1) is 0 Å². The Labute approximate surface area is 172 Å². The Hall–Kier alpha value is -0.590. The number of nitrogens with two attached hydrogens (primary N) is 4. The number of alkyl halides is 2. The summed E-state index contributed by atoms with van der Waals surface area (Å²) in [5.74, 6) is -0.715. The number of carbonyl (C=O) groups is 3. The van der Waals surface area contributed by atoms with Gasteiger partial charge in [-0.2, -0.15) is 0 Å². The number of unbranched alkanes of at least 4 members (excludes halogenated alkanes) is 2. The van der Waals surface area contributed by atoms with Gasteiger partial charge in [-0.3, -0.25) is 9.59 Å². The van der Waals surface area contributed by atoms with Gasteiger partial charge in [0.15, 0.2) is 0 Å². The number of hydrogen-bond acceptors (Lipinski definition) is 9. The molecule has 0 aromatic rings. The molecule has 0 rings (SSSR count). The molecule has 0 heterocycles. The molecule has 0 unspecified atom stereocenters. The first-order valence-electron chi connectivity index (χ1n) is 8.09. The summed E-state index contributed by atoms with van der Waals surface area (Å²) < 4.78 is 9.31. The maximum Gasteiger partial charge on any atom is 0.323 e. The Kier molecular flexibility index (Phi) is 28.3. The molecule has 0 amide bonds. The zero-order valence-corrected chi connectivity index (χ0v) is 18.2. The minimum absolute atomic E-state index is 0.205. The van der Waals surface area contributed by atoms with Crippen molar-refractivity contribution in [2.24, 2.45) is 22.9 Å². The van der Waals surface area contributed by atoms with Crippen molar-refractivity contribution in [3.8, 4) is 0 Å². The van der Waals surface area contributed by atoms with Crippen molar-refractivity contribution < 1.29 is 23.9 Å². The van der Waals surface area contributed by atoms with Gasteiger partial charge in [0, 0.05) is 0 Å². The quantitative estimate of drug-likeness (QED) is 0.166. The zero-order chi connectivity index (χ0) is 20.8. The first-order chi connectivity index (χ1) is 12.4. The van der Waals surface area contributed by atoms with Gasteiger partial charge in [0.05, 0.1) is 0 Å². The highest BCUT2D eigenvalue weighted by molar-refractivity contribution is 9.09. The molecule has 0 aliphatic rings. The molecule has 0 saturated heterocycles. The number of rotatable bonds is 12. The van der Waals surface area contributed by atoms with Gasteiger partial charge < -0.3 is 37.2 Å². The van der Waals surface area contributed by atoms with E-state index in [2.05, 4.69) is 41.3 Å². The van der Waals surface area contributed by atoms with E-state index in [9.17, 15) is 9.59 Å². The summed E-state index contributed by atoms with van der Waals surface area (Å²) in [6, 6.07) is -1.01. The lowest BCUT2D eigenvalue weighted by Gasteiger charge is -2.08. The molecule has 26 heavy (non-hydrogen) atoms. The topological polar surface area (TPSA) is 174 Å². The molecule has 156 valence electrons. The maximum atomic E-state index is 10.9. The number of hydrogen-bond donors (Lipinski definition) is 4. The number of halogens is 2. The van der Waals surface area contributed by atoms with Crippen LogP contribution in [0.5, 0.6) is 0 Å². The van der Waals surface area contributed by atoms with E-state index in [0.717, 1.165) is 25.7 Å². The second-order valence-corrected chi connectivity index (χ2v) is 5.84. The molecule has 2 atom stereocenters. The fraction of sp³-hybridized carbons (Fsp3) is 0.800. The molecule has 0 aliphatic heterocycles. The van der Waals surface area contributed by atoms with Crippen molar-refractivity contribution >= 4 is 50.6 Å². The normalized spacial score (nSPS) is 11.8. The van der Waals surface area contributed by atoms with Crippen molar-refractivity contribution in [3.63, 3.8) is 0 Å². The molecule has 9 nitrogen and oxygen atoms in total. The molecule has 0 bridgehead atoms. The van der Waals surface area contributed by atoms with Gasteiger partial charge in [0.2, 0.25) is 0 Å². The van der Waals surface area contributed by atoms with Gasteiger partial charge >= 0.3 is 11.9 Å². The second kappa shape index (κ2) is 24.4. The Morgan fingerprint density at radius 2 is 1.08 bits per heavy atom. The second-order valence-electron chi connectivity index (χ2n) is 4.93. The van der Waals surface area contributed by atoms with Crippen LogP contribution in [0.15, 0.2) is 0 Å². The number of carbonyl (C=O) groups excluding carboxylic acids is 3. The van der Waals surface area contributed by atoms with Crippen LogP contribution < -0.4 is 22.9 Å². The predicted molar refractivity (Wildman–Crippen MR) is 109 cm³/mol. The van der Waals surface area contributed by atoms with Crippen molar-refractivity contribution in [3.05, 3.63) is 0 Å². The summed E-state index contributed by atoms with van der Waals surface area (Å²) in [5.41, 5.74) is 22.0. The van der Waals surface area contributed by atoms with Crippen LogP contribution in [-0.2, 0) is 23.9 Å². The molecule has 0 aromatic carbocycles. The first-order valence-corrected chi connectivity index (χ1v) is 10.3. The Morgan fingerprint density at radius 1 is 0.769 bits per heavy atom. The molecule has 8 N–H and O–H groups in total. The predicted octanol–water partition coefficient (Wildman–Crippen LogP) is 0.492. The van der Waals surface area contributed by atoms with E-state index in [-0.39, 0.29) is 23.0 Å². The van der Waals surface area contributed by atoms with Crippen LogP contribution in [0, 0.1) is 0 Å². The van der Waals surface area contributed by atoms with Crippen molar-refractivity contribution in [1.82, 2.24) is 0 Å². The highest BCUT2D eigenvalue weighted by Crippen LogP contribution is 2.01. The molecule has 11 heteroatoms. The maximum absolute atomic E-state index is 10.9.